The van der Waals surface area contributed by atoms with E-state index in [4.69, 9.17) is 4.74 Å². The zero-order valence-electron chi connectivity index (χ0n) is 13.7. The van der Waals surface area contributed by atoms with E-state index in [0.29, 0.717) is 0 Å². The molecule has 26 heavy (non-hydrogen) atoms. The van der Waals surface area contributed by atoms with E-state index in [1.54, 1.807) is 0 Å². The zero-order chi connectivity index (χ0) is 19.4. The average Bonchev–Trinajstić information content (AvgIpc) is 2.57. The van der Waals surface area contributed by atoms with E-state index in [1.165, 1.54) is 36.4 Å². The molecule has 0 saturated carbocycles. The summed E-state index contributed by atoms with van der Waals surface area (Å²) in [7, 11) is -3.42. The highest BCUT2D eigenvalue weighted by molar-refractivity contribution is 7.90. The molecular weight excluding hydrogens is 371 g/mol. The molecule has 0 bridgehead atoms. The highest BCUT2D eigenvalue weighted by atomic mass is 32.2. The number of alkyl halides is 3. The third-order valence-electron chi connectivity index (χ3n) is 3.36. The van der Waals surface area contributed by atoms with Crippen LogP contribution in [-0.4, -0.2) is 33.7 Å². The van der Waals surface area contributed by atoms with E-state index in [2.05, 4.69) is 5.32 Å². The molecule has 0 fully saturated rings. The van der Waals surface area contributed by atoms with Gasteiger partial charge in [0.15, 0.2) is 9.84 Å². The van der Waals surface area contributed by atoms with Crippen molar-refractivity contribution in [3.8, 4) is 5.75 Å². The van der Waals surface area contributed by atoms with Gasteiger partial charge in [0.2, 0.25) is 0 Å². The molecule has 2 aromatic rings. The molecule has 0 saturated heterocycles. The van der Waals surface area contributed by atoms with Crippen LogP contribution in [0.2, 0.25) is 0 Å². The Morgan fingerprint density at radius 1 is 1.12 bits per heavy atom. The fraction of sp³-hybridized carbons (Fsp3) is 0.235. The molecule has 5 nitrogen and oxygen atoms in total. The van der Waals surface area contributed by atoms with Gasteiger partial charge in [-0.25, -0.2) is 8.42 Å². The molecule has 0 aliphatic rings. The van der Waals surface area contributed by atoms with Crippen LogP contribution in [0.5, 0.6) is 5.75 Å². The van der Waals surface area contributed by atoms with E-state index in [-0.39, 0.29) is 29.4 Å². The SMILES string of the molecule is CS(=O)(=O)c1cccc(C(=O)NCCOc2ccc(C(F)(F)F)cc2)c1. The van der Waals surface area contributed by atoms with Gasteiger partial charge in [0, 0.05) is 11.8 Å². The molecule has 0 spiro atoms. The molecule has 9 heteroatoms. The van der Waals surface area contributed by atoms with Crippen molar-refractivity contribution >= 4 is 15.7 Å². The second-order valence-electron chi connectivity index (χ2n) is 5.43. The minimum atomic E-state index is -4.41. The number of nitrogens with one attached hydrogen (secondary N) is 1. The monoisotopic (exact) mass is 387 g/mol. The van der Waals surface area contributed by atoms with Crippen LogP contribution in [0.4, 0.5) is 13.2 Å². The quantitative estimate of drug-likeness (QED) is 0.774. The molecule has 0 radical (unpaired) electrons. The largest absolute Gasteiger partial charge is 0.492 e. The van der Waals surface area contributed by atoms with E-state index in [1.807, 2.05) is 0 Å². The Morgan fingerprint density at radius 2 is 1.77 bits per heavy atom. The predicted molar refractivity (Wildman–Crippen MR) is 88.8 cm³/mol. The summed E-state index contributed by atoms with van der Waals surface area (Å²) in [5.41, 5.74) is -0.591. The maximum Gasteiger partial charge on any atom is 0.416 e. The van der Waals surface area contributed by atoms with Gasteiger partial charge >= 0.3 is 6.18 Å². The minimum absolute atomic E-state index is 0.0335. The fourth-order valence-corrected chi connectivity index (χ4v) is 2.71. The van der Waals surface area contributed by atoms with Crippen LogP contribution < -0.4 is 10.1 Å². The molecule has 2 rings (SSSR count). The number of benzene rings is 2. The third kappa shape index (κ3) is 5.48. The number of carbonyl (C=O) groups excluding carboxylic acids is 1. The van der Waals surface area contributed by atoms with Gasteiger partial charge < -0.3 is 10.1 Å². The van der Waals surface area contributed by atoms with E-state index in [0.717, 1.165) is 18.4 Å². The van der Waals surface area contributed by atoms with Crippen molar-refractivity contribution in [2.45, 2.75) is 11.1 Å². The van der Waals surface area contributed by atoms with Crippen LogP contribution in [0.3, 0.4) is 0 Å². The predicted octanol–water partition coefficient (Wildman–Crippen LogP) is 2.92. The van der Waals surface area contributed by atoms with Crippen molar-refractivity contribution < 1.29 is 31.1 Å². The standard InChI is InChI=1S/C17H16F3NO4S/c1-26(23,24)15-4-2-3-12(11-15)16(22)21-9-10-25-14-7-5-13(6-8-14)17(18,19)20/h2-8,11H,9-10H2,1H3,(H,21,22). The number of sulfone groups is 1. The van der Waals surface area contributed by atoms with E-state index in [9.17, 15) is 26.4 Å². The summed E-state index contributed by atoms with van der Waals surface area (Å²) in [5.74, 6) is -0.238. The van der Waals surface area contributed by atoms with E-state index < -0.39 is 27.5 Å². The Morgan fingerprint density at radius 3 is 2.35 bits per heavy atom. The van der Waals surface area contributed by atoms with Crippen LogP contribution >= 0.6 is 0 Å². The second-order valence-corrected chi connectivity index (χ2v) is 7.44. The number of hydrogen-bond acceptors (Lipinski definition) is 4. The van der Waals surface area contributed by atoms with Gasteiger partial charge in [-0.1, -0.05) is 6.07 Å². The van der Waals surface area contributed by atoms with Crippen LogP contribution in [0.25, 0.3) is 0 Å². The van der Waals surface area contributed by atoms with Gasteiger partial charge in [-0.15, -0.1) is 0 Å². The number of ether oxygens (including phenoxy) is 1. The lowest BCUT2D eigenvalue weighted by Gasteiger charge is -2.10. The first-order chi connectivity index (χ1) is 12.1. The first-order valence-electron chi connectivity index (χ1n) is 7.46. The highest BCUT2D eigenvalue weighted by Gasteiger charge is 2.29. The highest BCUT2D eigenvalue weighted by Crippen LogP contribution is 2.30. The maximum absolute atomic E-state index is 12.5. The molecule has 1 N–H and O–H groups in total. The number of hydrogen-bond donors (Lipinski definition) is 1. The lowest BCUT2D eigenvalue weighted by molar-refractivity contribution is -0.137. The molecule has 0 unspecified atom stereocenters. The molecule has 0 aromatic heterocycles. The first kappa shape index (κ1) is 19.8. The van der Waals surface area contributed by atoms with Crippen LogP contribution in [-0.2, 0) is 16.0 Å². The summed E-state index contributed by atoms with van der Waals surface area (Å²) in [4.78, 5) is 12.0. The third-order valence-corrected chi connectivity index (χ3v) is 4.47. The summed E-state index contributed by atoms with van der Waals surface area (Å²) in [6.45, 7) is 0.145. The van der Waals surface area contributed by atoms with E-state index >= 15 is 0 Å². The Hall–Kier alpha value is -2.55. The molecule has 0 atom stereocenters. The summed E-state index contributed by atoms with van der Waals surface area (Å²) in [6.07, 6.45) is -3.37. The Bertz CT molecular complexity index is 878. The lowest BCUT2D eigenvalue weighted by atomic mass is 10.2. The van der Waals surface area contributed by atoms with Gasteiger partial charge in [-0.05, 0) is 42.5 Å². The molecule has 0 aliphatic heterocycles. The maximum atomic E-state index is 12.5. The Balaban J connectivity index is 1.85. The fourth-order valence-electron chi connectivity index (χ4n) is 2.04. The van der Waals surface area contributed by atoms with Crippen LogP contribution in [0.1, 0.15) is 15.9 Å². The second kappa shape index (κ2) is 7.77. The van der Waals surface area contributed by atoms with Crippen LogP contribution in [0, 0.1) is 0 Å². The van der Waals surface area contributed by atoms with Crippen molar-refractivity contribution in [1.29, 1.82) is 0 Å². The zero-order valence-corrected chi connectivity index (χ0v) is 14.5. The minimum Gasteiger partial charge on any atom is -0.492 e. The molecule has 2 aromatic carbocycles. The summed E-state index contributed by atoms with van der Waals surface area (Å²) >= 11 is 0. The van der Waals surface area contributed by atoms with Gasteiger partial charge in [0.1, 0.15) is 12.4 Å². The number of halogens is 3. The summed E-state index contributed by atoms with van der Waals surface area (Å²) < 4.78 is 65.6. The van der Waals surface area contributed by atoms with Gasteiger partial charge in [-0.2, -0.15) is 13.2 Å². The summed E-state index contributed by atoms with van der Waals surface area (Å²) in [6, 6.07) is 9.79. The van der Waals surface area contributed by atoms with Gasteiger partial charge in [0.25, 0.3) is 5.91 Å². The van der Waals surface area contributed by atoms with Crippen LogP contribution in [0.15, 0.2) is 53.4 Å². The average molecular weight is 387 g/mol. The molecule has 0 heterocycles. The lowest BCUT2D eigenvalue weighted by Crippen LogP contribution is -2.28. The molecule has 0 aliphatic carbocycles. The van der Waals surface area contributed by atoms with Crippen molar-refractivity contribution in [3.63, 3.8) is 0 Å². The van der Waals surface area contributed by atoms with Gasteiger partial charge in [0.05, 0.1) is 17.0 Å². The number of rotatable bonds is 6. The molecule has 140 valence electrons. The Labute approximate surface area is 148 Å². The van der Waals surface area contributed by atoms with Gasteiger partial charge in [-0.3, -0.25) is 4.79 Å². The van der Waals surface area contributed by atoms with Crippen molar-refractivity contribution in [3.05, 3.63) is 59.7 Å². The molecule has 1 amide bonds. The normalized spacial score (nSPS) is 11.8. The van der Waals surface area contributed by atoms with Crippen molar-refractivity contribution in [2.75, 3.05) is 19.4 Å². The number of carbonyl (C=O) groups is 1. The summed E-state index contributed by atoms with van der Waals surface area (Å²) in [5, 5.41) is 2.54. The smallest absolute Gasteiger partial charge is 0.416 e. The van der Waals surface area contributed by atoms with Crippen molar-refractivity contribution in [2.24, 2.45) is 0 Å². The molecular formula is C17H16F3NO4S. The number of amides is 1. The first-order valence-corrected chi connectivity index (χ1v) is 9.35. The Kier molecular flexibility index (Phi) is 5.91. The topological polar surface area (TPSA) is 72.5 Å². The van der Waals surface area contributed by atoms with Crippen molar-refractivity contribution in [1.82, 2.24) is 5.32 Å².